The summed E-state index contributed by atoms with van der Waals surface area (Å²) < 4.78 is 5.11. The van der Waals surface area contributed by atoms with Crippen LogP contribution in [0.25, 0.3) is 17.0 Å². The van der Waals surface area contributed by atoms with Crippen molar-refractivity contribution in [2.24, 2.45) is 17.3 Å². The maximum atomic E-state index is 13.8. The molecule has 2 saturated heterocycles. The number of carbonyl (C=O) groups excluding carboxylic acids is 3. The van der Waals surface area contributed by atoms with Crippen molar-refractivity contribution >= 4 is 40.3 Å². The minimum Gasteiger partial charge on any atom is -0.385 e. The van der Waals surface area contributed by atoms with E-state index in [0.29, 0.717) is 19.6 Å². The summed E-state index contributed by atoms with van der Waals surface area (Å²) in [6.45, 7) is 6.40. The van der Waals surface area contributed by atoms with Crippen molar-refractivity contribution in [3.8, 4) is 0 Å². The number of fused-ring (bicyclic) bond motifs is 7. The van der Waals surface area contributed by atoms with Gasteiger partial charge in [-0.15, -0.1) is 0 Å². The molecule has 2 amide bonds. The summed E-state index contributed by atoms with van der Waals surface area (Å²) in [4.78, 5) is 49.0. The van der Waals surface area contributed by atoms with Crippen LogP contribution in [0.15, 0.2) is 36.5 Å². The second-order valence-corrected chi connectivity index (χ2v) is 10.1. The summed E-state index contributed by atoms with van der Waals surface area (Å²) in [6, 6.07) is 6.81. The number of imide groups is 1. The zero-order valence-corrected chi connectivity index (χ0v) is 19.4. The van der Waals surface area contributed by atoms with Crippen LogP contribution in [-0.2, 0) is 19.1 Å². The van der Waals surface area contributed by atoms with Gasteiger partial charge in [-0.1, -0.05) is 51.1 Å². The molecule has 0 unspecified atom stereocenters. The highest BCUT2D eigenvalue weighted by atomic mass is 16.5. The highest BCUT2D eigenvalue weighted by Gasteiger charge is 2.64. The van der Waals surface area contributed by atoms with Crippen LogP contribution in [0.3, 0.4) is 0 Å². The number of nitrogens with zero attached hydrogens (tertiary/aromatic N) is 3. The highest BCUT2D eigenvalue weighted by molar-refractivity contribution is 6.13. The minimum absolute atomic E-state index is 0.0333. The third kappa shape index (κ3) is 3.21. The maximum Gasteiger partial charge on any atom is 0.235 e. The van der Waals surface area contributed by atoms with E-state index in [9.17, 15) is 14.4 Å². The molecule has 33 heavy (non-hydrogen) atoms. The smallest absolute Gasteiger partial charge is 0.235 e. The Balaban J connectivity index is 1.66. The van der Waals surface area contributed by atoms with Crippen molar-refractivity contribution < 1.29 is 19.1 Å². The van der Waals surface area contributed by atoms with Crippen LogP contribution in [0.4, 0.5) is 5.69 Å². The lowest BCUT2D eigenvalue weighted by atomic mass is 9.79. The predicted molar refractivity (Wildman–Crippen MR) is 125 cm³/mol. The Morgan fingerprint density at radius 3 is 2.61 bits per heavy atom. The summed E-state index contributed by atoms with van der Waals surface area (Å²) in [5, 5.41) is 0.961. The number of ether oxygens (including phenoxy) is 1. The average Bonchev–Trinajstić information content (AvgIpc) is 3.26. The fourth-order valence-corrected chi connectivity index (χ4v) is 5.57. The first kappa shape index (κ1) is 21.8. The van der Waals surface area contributed by atoms with Crippen LogP contribution in [0.2, 0.25) is 0 Å². The van der Waals surface area contributed by atoms with Crippen LogP contribution in [0.1, 0.15) is 32.8 Å². The average molecular weight is 448 g/mol. The number of hydrogen-bond donors (Lipinski definition) is 0. The SMILES string of the molecule is COCCCN1C(=O)[C@H]2[C@H](C1=O)[C@H](C(=O)C(C)(C)C)N1c3c(ccc4cccnc34)C=C[C@H]21. The first-order valence-electron chi connectivity index (χ1n) is 11.5. The number of benzene rings is 1. The van der Waals surface area contributed by atoms with Crippen molar-refractivity contribution in [2.75, 3.05) is 25.2 Å². The summed E-state index contributed by atoms with van der Waals surface area (Å²) in [5.74, 6) is -1.76. The van der Waals surface area contributed by atoms with Gasteiger partial charge in [0.2, 0.25) is 11.8 Å². The van der Waals surface area contributed by atoms with Gasteiger partial charge in [0, 0.05) is 37.3 Å². The Labute approximate surface area is 193 Å². The molecule has 0 radical (unpaired) electrons. The van der Waals surface area contributed by atoms with Crippen LogP contribution < -0.4 is 4.90 Å². The van der Waals surface area contributed by atoms with Gasteiger partial charge >= 0.3 is 0 Å². The molecule has 0 spiro atoms. The molecule has 7 nitrogen and oxygen atoms in total. The number of aromatic nitrogens is 1. The molecule has 0 saturated carbocycles. The number of pyridine rings is 1. The van der Waals surface area contributed by atoms with Gasteiger partial charge in [0.1, 0.15) is 6.04 Å². The number of likely N-dealkylation sites (tertiary alicyclic amines) is 1. The molecule has 7 heteroatoms. The molecule has 4 heterocycles. The fraction of sp³-hybridized carbons (Fsp3) is 0.462. The lowest BCUT2D eigenvalue weighted by Crippen LogP contribution is -2.51. The van der Waals surface area contributed by atoms with E-state index in [2.05, 4.69) is 4.98 Å². The Morgan fingerprint density at radius 2 is 1.88 bits per heavy atom. The summed E-state index contributed by atoms with van der Waals surface area (Å²) in [6.07, 6.45) is 6.29. The molecule has 3 aliphatic heterocycles. The van der Waals surface area contributed by atoms with Gasteiger partial charge in [-0.2, -0.15) is 0 Å². The monoisotopic (exact) mass is 447 g/mol. The second kappa shape index (κ2) is 7.76. The summed E-state index contributed by atoms with van der Waals surface area (Å²) >= 11 is 0. The number of hydrogen-bond acceptors (Lipinski definition) is 6. The maximum absolute atomic E-state index is 13.8. The van der Waals surface area contributed by atoms with E-state index in [1.807, 2.05) is 62.1 Å². The minimum atomic E-state index is -0.722. The molecular weight excluding hydrogens is 418 g/mol. The van der Waals surface area contributed by atoms with Crippen molar-refractivity contribution in [3.63, 3.8) is 0 Å². The molecule has 1 aromatic heterocycles. The van der Waals surface area contributed by atoms with Crippen LogP contribution in [-0.4, -0.2) is 59.8 Å². The third-order valence-corrected chi connectivity index (χ3v) is 7.07. The Bertz CT molecular complexity index is 1180. The lowest BCUT2D eigenvalue weighted by Gasteiger charge is -2.39. The van der Waals surface area contributed by atoms with Crippen molar-refractivity contribution in [1.82, 2.24) is 9.88 Å². The Morgan fingerprint density at radius 1 is 1.12 bits per heavy atom. The Hall–Kier alpha value is -3.06. The topological polar surface area (TPSA) is 79.8 Å². The van der Waals surface area contributed by atoms with Gasteiger partial charge < -0.3 is 9.64 Å². The molecule has 3 aliphatic rings. The number of rotatable bonds is 5. The summed E-state index contributed by atoms with van der Waals surface area (Å²) in [5.41, 5.74) is 1.90. The summed E-state index contributed by atoms with van der Waals surface area (Å²) in [7, 11) is 1.60. The van der Waals surface area contributed by atoms with Crippen molar-refractivity contribution in [3.05, 3.63) is 42.1 Å². The van der Waals surface area contributed by atoms with Gasteiger partial charge in [-0.3, -0.25) is 24.3 Å². The normalized spacial score (nSPS) is 26.1. The molecule has 4 atom stereocenters. The standard InChI is InChI=1S/C26H29N3O4/c1-26(2,3)23(30)22-19-18(24(31)28(25(19)32)13-6-14-33-4)17-11-10-16-9-8-15-7-5-12-27-20(15)21(16)29(17)22/h5,7-12,17-19,22H,6,13-14H2,1-4H3/t17-,18-,19+,22-/m1/s1. The number of ketones is 1. The van der Waals surface area contributed by atoms with E-state index in [-0.39, 0.29) is 23.6 Å². The van der Waals surface area contributed by atoms with E-state index in [1.165, 1.54) is 4.90 Å². The number of amides is 2. The van der Waals surface area contributed by atoms with Gasteiger partial charge in [-0.25, -0.2) is 0 Å². The van der Waals surface area contributed by atoms with E-state index in [4.69, 9.17) is 4.74 Å². The fourth-order valence-electron chi connectivity index (χ4n) is 5.57. The lowest BCUT2D eigenvalue weighted by molar-refractivity contribution is -0.142. The zero-order valence-electron chi connectivity index (χ0n) is 19.4. The number of anilines is 1. The molecule has 0 bridgehead atoms. The van der Waals surface area contributed by atoms with E-state index in [0.717, 1.165) is 22.2 Å². The van der Waals surface area contributed by atoms with Crippen molar-refractivity contribution in [1.29, 1.82) is 0 Å². The molecule has 172 valence electrons. The largest absolute Gasteiger partial charge is 0.385 e. The molecule has 0 N–H and O–H groups in total. The number of Topliss-reactive ketones (excluding diaryl/α,β-unsaturated/α-hetero) is 1. The molecular formula is C26H29N3O4. The van der Waals surface area contributed by atoms with Crippen LogP contribution in [0.5, 0.6) is 0 Å². The van der Waals surface area contributed by atoms with E-state index >= 15 is 0 Å². The van der Waals surface area contributed by atoms with E-state index in [1.54, 1.807) is 13.3 Å². The first-order chi connectivity index (χ1) is 15.8. The molecule has 0 aliphatic carbocycles. The van der Waals surface area contributed by atoms with Gasteiger partial charge in [0.05, 0.1) is 29.1 Å². The van der Waals surface area contributed by atoms with Crippen LogP contribution in [0, 0.1) is 17.3 Å². The van der Waals surface area contributed by atoms with Crippen molar-refractivity contribution in [2.45, 2.75) is 39.3 Å². The molecule has 5 rings (SSSR count). The van der Waals surface area contributed by atoms with Gasteiger partial charge in [0.15, 0.2) is 5.78 Å². The Kier molecular flexibility index (Phi) is 5.12. The molecule has 2 fully saturated rings. The number of carbonyl (C=O) groups is 3. The van der Waals surface area contributed by atoms with E-state index < -0.39 is 23.3 Å². The quantitative estimate of drug-likeness (QED) is 0.518. The third-order valence-electron chi connectivity index (χ3n) is 7.07. The van der Waals surface area contributed by atoms with Gasteiger partial charge in [-0.05, 0) is 18.1 Å². The number of methoxy groups -OCH3 is 1. The van der Waals surface area contributed by atoms with Gasteiger partial charge in [0.25, 0.3) is 0 Å². The molecule has 2 aromatic rings. The van der Waals surface area contributed by atoms with Crippen LogP contribution >= 0.6 is 0 Å². The second-order valence-electron chi connectivity index (χ2n) is 10.1. The first-order valence-corrected chi connectivity index (χ1v) is 11.5. The highest BCUT2D eigenvalue weighted by Crippen LogP contribution is 2.51. The zero-order chi connectivity index (χ0) is 23.5. The predicted octanol–water partition coefficient (Wildman–Crippen LogP) is 3.07. The molecule has 1 aromatic carbocycles.